The molecule has 0 aliphatic heterocycles. The van der Waals surface area contributed by atoms with E-state index in [0.717, 1.165) is 24.9 Å². The predicted octanol–water partition coefficient (Wildman–Crippen LogP) is 6.63. The highest BCUT2D eigenvalue weighted by atomic mass is 35.5. The predicted molar refractivity (Wildman–Crippen MR) is 138 cm³/mol. The molecule has 0 spiro atoms. The van der Waals surface area contributed by atoms with Crippen molar-refractivity contribution in [2.24, 2.45) is 0 Å². The fourth-order valence-electron chi connectivity index (χ4n) is 3.45. The van der Waals surface area contributed by atoms with Crippen LogP contribution in [0.4, 0.5) is 11.4 Å². The van der Waals surface area contributed by atoms with E-state index in [1.807, 2.05) is 12.1 Å². The summed E-state index contributed by atoms with van der Waals surface area (Å²) in [5.74, 6) is -0.459. The number of hydrogen-bond donors (Lipinski definition) is 1. The number of anilines is 1. The molecule has 0 radical (unpaired) electrons. The minimum atomic E-state index is -0.581. The Bertz CT molecular complexity index is 1430. The topological polar surface area (TPSA) is 103 Å². The Labute approximate surface area is 211 Å². The van der Waals surface area contributed by atoms with E-state index in [1.54, 1.807) is 18.2 Å². The second-order valence-corrected chi connectivity index (χ2v) is 8.69. The Morgan fingerprint density at radius 1 is 1.06 bits per heavy atom. The molecule has 0 bridgehead atoms. The molecular formula is C25H21Cl2N5O3. The van der Waals surface area contributed by atoms with Crippen molar-refractivity contribution in [3.8, 4) is 5.69 Å². The van der Waals surface area contributed by atoms with Crippen LogP contribution in [0.1, 0.15) is 30.9 Å². The van der Waals surface area contributed by atoms with Crippen molar-refractivity contribution >= 4 is 57.6 Å². The summed E-state index contributed by atoms with van der Waals surface area (Å²) in [6, 6.07) is 15.6. The van der Waals surface area contributed by atoms with Crippen molar-refractivity contribution in [1.82, 2.24) is 15.0 Å². The zero-order valence-electron chi connectivity index (χ0n) is 18.7. The lowest BCUT2D eigenvalue weighted by atomic mass is 10.1. The summed E-state index contributed by atoms with van der Waals surface area (Å²) in [6.45, 7) is 2.17. The van der Waals surface area contributed by atoms with E-state index >= 15 is 0 Å². The molecule has 178 valence electrons. The number of rotatable bonds is 8. The molecule has 35 heavy (non-hydrogen) atoms. The SMILES string of the molecule is CCCCc1ccc(-n2nc3cc(Cl)c(NC(=O)C=Cc4ccc(Cl)c([N+](=O)[O-])c4)cc3n2)cc1. The van der Waals surface area contributed by atoms with Gasteiger partial charge >= 0.3 is 0 Å². The lowest BCUT2D eigenvalue weighted by molar-refractivity contribution is -0.384. The first kappa shape index (κ1) is 24.4. The van der Waals surface area contributed by atoms with Crippen molar-refractivity contribution in [3.63, 3.8) is 0 Å². The highest BCUT2D eigenvalue weighted by Gasteiger charge is 2.13. The Balaban J connectivity index is 1.50. The summed E-state index contributed by atoms with van der Waals surface area (Å²) in [4.78, 5) is 24.4. The summed E-state index contributed by atoms with van der Waals surface area (Å²) < 4.78 is 0. The Morgan fingerprint density at radius 3 is 2.46 bits per heavy atom. The number of nitrogens with zero attached hydrogens (tertiary/aromatic N) is 4. The van der Waals surface area contributed by atoms with Gasteiger partial charge in [-0.25, -0.2) is 0 Å². The zero-order chi connectivity index (χ0) is 24.9. The molecule has 3 aromatic carbocycles. The molecule has 0 saturated heterocycles. The maximum Gasteiger partial charge on any atom is 0.288 e. The number of fused-ring (bicyclic) bond motifs is 1. The number of amides is 1. The van der Waals surface area contributed by atoms with Gasteiger partial charge in [0.15, 0.2) is 0 Å². The molecular weight excluding hydrogens is 489 g/mol. The summed E-state index contributed by atoms with van der Waals surface area (Å²) in [6.07, 6.45) is 6.03. The number of hydrogen-bond acceptors (Lipinski definition) is 5. The van der Waals surface area contributed by atoms with E-state index < -0.39 is 10.8 Å². The van der Waals surface area contributed by atoms with Crippen LogP contribution in [0.15, 0.2) is 60.7 Å². The van der Waals surface area contributed by atoms with Gasteiger partial charge < -0.3 is 5.32 Å². The molecule has 0 aliphatic rings. The number of nitro groups is 1. The fourth-order valence-corrected chi connectivity index (χ4v) is 3.84. The third-order valence-corrected chi connectivity index (χ3v) is 5.94. The lowest BCUT2D eigenvalue weighted by Crippen LogP contribution is -2.08. The summed E-state index contributed by atoms with van der Waals surface area (Å²) in [5, 5.41) is 23.1. The summed E-state index contributed by atoms with van der Waals surface area (Å²) >= 11 is 12.2. The average Bonchev–Trinajstić information content (AvgIpc) is 3.25. The Kier molecular flexibility index (Phi) is 7.43. The number of nitrogens with one attached hydrogen (secondary N) is 1. The quantitative estimate of drug-likeness (QED) is 0.163. The number of benzene rings is 3. The molecule has 8 nitrogen and oxygen atoms in total. The van der Waals surface area contributed by atoms with Crippen molar-refractivity contribution in [2.75, 3.05) is 5.32 Å². The first-order chi connectivity index (χ1) is 16.8. The van der Waals surface area contributed by atoms with Crippen LogP contribution < -0.4 is 5.32 Å². The zero-order valence-corrected chi connectivity index (χ0v) is 20.3. The van der Waals surface area contributed by atoms with Gasteiger partial charge in [0.25, 0.3) is 5.69 Å². The van der Waals surface area contributed by atoms with E-state index in [4.69, 9.17) is 23.2 Å². The molecule has 0 saturated carbocycles. The van der Waals surface area contributed by atoms with Gasteiger partial charge in [-0.3, -0.25) is 14.9 Å². The normalized spacial score (nSPS) is 11.3. The van der Waals surface area contributed by atoms with Crippen molar-refractivity contribution in [1.29, 1.82) is 0 Å². The number of halogens is 2. The Hall–Kier alpha value is -3.75. The molecule has 4 aromatic rings. The van der Waals surface area contributed by atoms with Gasteiger partial charge in [-0.05, 0) is 60.4 Å². The van der Waals surface area contributed by atoms with E-state index in [1.165, 1.54) is 34.6 Å². The van der Waals surface area contributed by atoms with Gasteiger partial charge in [-0.2, -0.15) is 4.80 Å². The number of nitro benzene ring substituents is 1. The largest absolute Gasteiger partial charge is 0.321 e. The number of aromatic nitrogens is 3. The molecule has 1 aromatic heterocycles. The fraction of sp³-hybridized carbons (Fsp3) is 0.160. The average molecular weight is 510 g/mol. The number of carbonyl (C=O) groups is 1. The maximum atomic E-state index is 12.4. The van der Waals surface area contributed by atoms with Crippen LogP contribution in [0.5, 0.6) is 0 Å². The van der Waals surface area contributed by atoms with Gasteiger partial charge in [0.2, 0.25) is 5.91 Å². The van der Waals surface area contributed by atoms with Crippen LogP contribution >= 0.6 is 23.2 Å². The van der Waals surface area contributed by atoms with Gasteiger partial charge in [0, 0.05) is 12.1 Å². The highest BCUT2D eigenvalue weighted by molar-refractivity contribution is 6.34. The van der Waals surface area contributed by atoms with Crippen molar-refractivity contribution < 1.29 is 9.72 Å². The lowest BCUT2D eigenvalue weighted by Gasteiger charge is -2.04. The number of carbonyl (C=O) groups excluding carboxylic acids is 1. The van der Waals surface area contributed by atoms with E-state index in [9.17, 15) is 14.9 Å². The van der Waals surface area contributed by atoms with E-state index in [0.29, 0.717) is 27.3 Å². The van der Waals surface area contributed by atoms with Crippen molar-refractivity contribution in [3.05, 3.63) is 92.0 Å². The van der Waals surface area contributed by atoms with E-state index in [-0.39, 0.29) is 10.7 Å². The third kappa shape index (κ3) is 5.85. The standard InChI is InChI=1S/C25H21Cl2N5O3/c1-2-3-4-16-5-9-18(10-6-16)31-29-22-14-20(27)21(15-23(22)30-31)28-25(33)12-8-17-7-11-19(26)24(13-17)32(34)35/h5-15H,2-4H2,1H3,(H,28,33). The molecule has 1 N–H and O–H groups in total. The number of aryl methyl sites for hydroxylation is 1. The minimum absolute atomic E-state index is 0.0252. The monoisotopic (exact) mass is 509 g/mol. The van der Waals surface area contributed by atoms with Gasteiger partial charge in [0.05, 0.1) is 21.3 Å². The smallest absolute Gasteiger partial charge is 0.288 e. The molecule has 0 unspecified atom stereocenters. The Morgan fingerprint density at radius 2 is 1.77 bits per heavy atom. The maximum absolute atomic E-state index is 12.4. The van der Waals surface area contributed by atoms with Crippen LogP contribution in [0.25, 0.3) is 22.8 Å². The molecule has 0 aliphatic carbocycles. The third-order valence-electron chi connectivity index (χ3n) is 5.31. The first-order valence-corrected chi connectivity index (χ1v) is 11.7. The molecule has 1 amide bonds. The van der Waals surface area contributed by atoms with Gasteiger partial charge in [-0.1, -0.05) is 54.7 Å². The van der Waals surface area contributed by atoms with Gasteiger partial charge in [-0.15, -0.1) is 10.2 Å². The second-order valence-electron chi connectivity index (χ2n) is 7.87. The van der Waals surface area contributed by atoms with Crippen LogP contribution in [-0.4, -0.2) is 25.8 Å². The first-order valence-electron chi connectivity index (χ1n) is 10.9. The molecule has 10 heteroatoms. The van der Waals surface area contributed by atoms with Crippen molar-refractivity contribution in [2.45, 2.75) is 26.2 Å². The number of unbranched alkanes of at least 4 members (excludes halogenated alkanes) is 1. The second kappa shape index (κ2) is 10.7. The summed E-state index contributed by atoms with van der Waals surface area (Å²) in [7, 11) is 0. The van der Waals surface area contributed by atoms with Crippen LogP contribution in [0, 0.1) is 10.1 Å². The molecule has 0 fully saturated rings. The van der Waals surface area contributed by atoms with Gasteiger partial charge in [0.1, 0.15) is 16.1 Å². The minimum Gasteiger partial charge on any atom is -0.321 e. The van der Waals surface area contributed by atoms with E-state index in [2.05, 4.69) is 34.6 Å². The molecule has 1 heterocycles. The molecule has 4 rings (SSSR count). The molecule has 0 atom stereocenters. The van der Waals surface area contributed by atoms with Crippen LogP contribution in [0.2, 0.25) is 10.0 Å². The van der Waals surface area contributed by atoms with Crippen LogP contribution in [0.3, 0.4) is 0 Å². The highest BCUT2D eigenvalue weighted by Crippen LogP contribution is 2.28. The summed E-state index contributed by atoms with van der Waals surface area (Å²) in [5.41, 5.74) is 3.84. The van der Waals surface area contributed by atoms with Crippen LogP contribution in [-0.2, 0) is 11.2 Å².